The Bertz CT molecular complexity index is 914. The summed E-state index contributed by atoms with van der Waals surface area (Å²) >= 11 is 0. The predicted octanol–water partition coefficient (Wildman–Crippen LogP) is 3.39. The van der Waals surface area contributed by atoms with Crippen LogP contribution in [0.25, 0.3) is 0 Å². The fourth-order valence-electron chi connectivity index (χ4n) is 2.25. The van der Waals surface area contributed by atoms with Crippen molar-refractivity contribution in [3.63, 3.8) is 0 Å². The molecule has 0 saturated carbocycles. The zero-order chi connectivity index (χ0) is 20.0. The molecular weight excluding hydrogens is 350 g/mol. The van der Waals surface area contributed by atoms with Crippen molar-refractivity contribution in [2.75, 3.05) is 11.9 Å². The maximum atomic E-state index is 12.0. The molecule has 0 aliphatic rings. The molecule has 0 bridgehead atoms. The highest BCUT2D eigenvalue weighted by Crippen LogP contribution is 2.21. The number of carbonyl (C=O) groups excluding carboxylic acids is 2. The number of hydrogen-bond donors (Lipinski definition) is 1. The summed E-state index contributed by atoms with van der Waals surface area (Å²) < 4.78 is 4.96. The van der Waals surface area contributed by atoms with Gasteiger partial charge in [0.05, 0.1) is 21.7 Å². The molecule has 0 unspecified atom stereocenters. The highest BCUT2D eigenvalue weighted by atomic mass is 16.6. The highest BCUT2D eigenvalue weighted by Gasteiger charge is 2.15. The van der Waals surface area contributed by atoms with Gasteiger partial charge in [-0.3, -0.25) is 14.9 Å². The number of non-ortho nitro benzene ring substituents is 1. The van der Waals surface area contributed by atoms with Crippen LogP contribution in [-0.4, -0.2) is 23.4 Å². The summed E-state index contributed by atoms with van der Waals surface area (Å²) in [5.41, 5.74) is 1.17. The van der Waals surface area contributed by atoms with Crippen LogP contribution in [0.2, 0.25) is 0 Å². The molecule has 2 aromatic carbocycles. The number of anilines is 1. The molecule has 0 heterocycles. The Hall–Kier alpha value is -3.73. The quantitative estimate of drug-likeness (QED) is 0.474. The second-order valence-corrected chi connectivity index (χ2v) is 6.00. The molecule has 27 heavy (non-hydrogen) atoms. The number of nitriles is 1. The largest absolute Gasteiger partial charge is 0.452 e. The zero-order valence-corrected chi connectivity index (χ0v) is 14.8. The third kappa shape index (κ3) is 5.12. The predicted molar refractivity (Wildman–Crippen MR) is 97.3 cm³/mol. The third-order valence-corrected chi connectivity index (χ3v) is 3.76. The molecule has 1 amide bonds. The van der Waals surface area contributed by atoms with E-state index >= 15 is 0 Å². The first-order valence-corrected chi connectivity index (χ1v) is 8.07. The summed E-state index contributed by atoms with van der Waals surface area (Å²) in [5.74, 6) is -0.978. The van der Waals surface area contributed by atoms with Crippen LogP contribution in [0.3, 0.4) is 0 Å². The number of nitro groups is 1. The van der Waals surface area contributed by atoms with E-state index in [0.29, 0.717) is 11.5 Å². The molecule has 2 rings (SSSR count). The number of rotatable bonds is 6. The maximum absolute atomic E-state index is 12.0. The van der Waals surface area contributed by atoms with Crippen molar-refractivity contribution in [1.82, 2.24) is 0 Å². The Labute approximate surface area is 155 Å². The van der Waals surface area contributed by atoms with E-state index in [1.165, 1.54) is 12.1 Å². The van der Waals surface area contributed by atoms with Gasteiger partial charge in [0.1, 0.15) is 6.07 Å². The molecule has 0 saturated heterocycles. The van der Waals surface area contributed by atoms with Gasteiger partial charge < -0.3 is 10.1 Å². The molecule has 0 fully saturated rings. The Morgan fingerprint density at radius 3 is 2.44 bits per heavy atom. The summed E-state index contributed by atoms with van der Waals surface area (Å²) in [5, 5.41) is 22.2. The van der Waals surface area contributed by atoms with E-state index in [2.05, 4.69) is 5.32 Å². The Kier molecular flexibility index (Phi) is 6.23. The van der Waals surface area contributed by atoms with Gasteiger partial charge in [-0.2, -0.15) is 5.26 Å². The molecule has 0 aliphatic carbocycles. The van der Waals surface area contributed by atoms with Crippen molar-refractivity contribution in [2.45, 2.75) is 19.8 Å². The molecular formula is C19H17N3O5. The van der Waals surface area contributed by atoms with Crippen molar-refractivity contribution in [3.05, 3.63) is 69.3 Å². The highest BCUT2D eigenvalue weighted by molar-refractivity contribution is 5.96. The lowest BCUT2D eigenvalue weighted by molar-refractivity contribution is -0.384. The van der Waals surface area contributed by atoms with E-state index < -0.39 is 23.4 Å². The van der Waals surface area contributed by atoms with E-state index in [1.54, 1.807) is 18.2 Å². The molecule has 138 valence electrons. The van der Waals surface area contributed by atoms with Crippen LogP contribution >= 0.6 is 0 Å². The summed E-state index contributed by atoms with van der Waals surface area (Å²) in [6.45, 7) is 3.52. The van der Waals surface area contributed by atoms with Crippen molar-refractivity contribution in [2.24, 2.45) is 0 Å². The normalized spacial score (nSPS) is 10.1. The smallest absolute Gasteiger partial charge is 0.338 e. The van der Waals surface area contributed by atoms with Gasteiger partial charge in [-0.15, -0.1) is 0 Å². The van der Waals surface area contributed by atoms with Gasteiger partial charge in [0.15, 0.2) is 6.61 Å². The lowest BCUT2D eigenvalue weighted by Crippen LogP contribution is -2.21. The molecule has 0 radical (unpaired) electrons. The monoisotopic (exact) mass is 367 g/mol. The van der Waals surface area contributed by atoms with Crippen molar-refractivity contribution < 1.29 is 19.2 Å². The van der Waals surface area contributed by atoms with Crippen molar-refractivity contribution in [3.8, 4) is 6.07 Å². The van der Waals surface area contributed by atoms with E-state index in [1.807, 2.05) is 26.0 Å². The second kappa shape index (κ2) is 8.58. The van der Waals surface area contributed by atoms with Crippen LogP contribution in [-0.2, 0) is 9.53 Å². The molecule has 0 atom stereocenters. The second-order valence-electron chi connectivity index (χ2n) is 6.00. The lowest BCUT2D eigenvalue weighted by atomic mass is 10.0. The van der Waals surface area contributed by atoms with Crippen LogP contribution in [0.1, 0.15) is 41.3 Å². The minimum atomic E-state index is -0.660. The van der Waals surface area contributed by atoms with Gasteiger partial charge in [-0.25, -0.2) is 4.79 Å². The molecule has 0 spiro atoms. The summed E-state index contributed by atoms with van der Waals surface area (Å²) in [6, 6.07) is 12.1. The average Bonchev–Trinajstić information content (AvgIpc) is 2.66. The minimum absolute atomic E-state index is 0.0619. The number of esters is 1. The Balaban J connectivity index is 1.97. The van der Waals surface area contributed by atoms with Gasteiger partial charge in [0.2, 0.25) is 0 Å². The fraction of sp³-hybridized carbons (Fsp3) is 0.211. The number of amides is 1. The molecule has 8 heteroatoms. The zero-order valence-electron chi connectivity index (χ0n) is 14.8. The number of carbonyl (C=O) groups is 2. The fourth-order valence-corrected chi connectivity index (χ4v) is 2.25. The van der Waals surface area contributed by atoms with Crippen LogP contribution in [0.15, 0.2) is 42.5 Å². The number of nitrogens with zero attached hydrogens (tertiary/aromatic N) is 2. The SMILES string of the molecule is CC(C)c1ccc(C(=O)OCC(=O)Nc2ccc([N+](=O)[O-])cc2C#N)cc1. The van der Waals surface area contributed by atoms with Gasteiger partial charge in [0, 0.05) is 12.1 Å². The van der Waals surface area contributed by atoms with Gasteiger partial charge in [-0.05, 0) is 29.7 Å². The van der Waals surface area contributed by atoms with Crippen molar-refractivity contribution in [1.29, 1.82) is 5.26 Å². The minimum Gasteiger partial charge on any atom is -0.452 e. The molecule has 0 aliphatic heterocycles. The van der Waals surface area contributed by atoms with Crippen molar-refractivity contribution >= 4 is 23.3 Å². The lowest BCUT2D eigenvalue weighted by Gasteiger charge is -2.09. The Morgan fingerprint density at radius 2 is 1.89 bits per heavy atom. The average molecular weight is 367 g/mol. The number of benzene rings is 2. The first kappa shape index (κ1) is 19.6. The van der Waals surface area contributed by atoms with E-state index in [0.717, 1.165) is 11.6 Å². The Morgan fingerprint density at radius 1 is 1.22 bits per heavy atom. The number of ether oxygens (including phenoxy) is 1. The van der Waals surface area contributed by atoms with Crippen LogP contribution in [0.5, 0.6) is 0 Å². The molecule has 2 aromatic rings. The number of nitrogens with one attached hydrogen (secondary N) is 1. The molecule has 1 N–H and O–H groups in total. The summed E-state index contributed by atoms with van der Waals surface area (Å²) in [4.78, 5) is 34.0. The number of nitro benzene ring substituents is 1. The standard InChI is InChI=1S/C19H17N3O5/c1-12(2)13-3-5-14(6-4-13)19(24)27-11-18(23)21-17-8-7-16(22(25)26)9-15(17)10-20/h3-9,12H,11H2,1-2H3,(H,21,23). The topological polar surface area (TPSA) is 122 Å². The third-order valence-electron chi connectivity index (χ3n) is 3.76. The van der Waals surface area contributed by atoms with Gasteiger partial charge in [0.25, 0.3) is 11.6 Å². The van der Waals surface area contributed by atoms with Crippen LogP contribution < -0.4 is 5.32 Å². The van der Waals surface area contributed by atoms with Crippen LogP contribution in [0.4, 0.5) is 11.4 Å². The van der Waals surface area contributed by atoms with Crippen LogP contribution in [0, 0.1) is 21.4 Å². The van der Waals surface area contributed by atoms with E-state index in [4.69, 9.17) is 10.00 Å². The summed E-state index contributed by atoms with van der Waals surface area (Å²) in [6.07, 6.45) is 0. The van der Waals surface area contributed by atoms with E-state index in [-0.39, 0.29) is 16.9 Å². The van der Waals surface area contributed by atoms with Gasteiger partial charge in [-0.1, -0.05) is 26.0 Å². The first-order valence-electron chi connectivity index (χ1n) is 8.07. The first-order chi connectivity index (χ1) is 12.8. The molecule has 0 aromatic heterocycles. The number of hydrogen-bond acceptors (Lipinski definition) is 6. The molecule has 8 nitrogen and oxygen atoms in total. The maximum Gasteiger partial charge on any atom is 0.338 e. The summed E-state index contributed by atoms with van der Waals surface area (Å²) in [7, 11) is 0. The van der Waals surface area contributed by atoms with Gasteiger partial charge >= 0.3 is 5.97 Å². The van der Waals surface area contributed by atoms with E-state index in [9.17, 15) is 19.7 Å².